The summed E-state index contributed by atoms with van der Waals surface area (Å²) in [6.45, 7) is 5.66. The van der Waals surface area contributed by atoms with Gasteiger partial charge in [0.15, 0.2) is 5.82 Å². The molecule has 0 bridgehead atoms. The second-order valence-corrected chi connectivity index (χ2v) is 6.00. The van der Waals surface area contributed by atoms with E-state index in [4.69, 9.17) is 4.52 Å². The van der Waals surface area contributed by atoms with Gasteiger partial charge in [0.1, 0.15) is 5.82 Å². The maximum Gasteiger partial charge on any atom is 0.227 e. The predicted molar refractivity (Wildman–Crippen MR) is 93.5 cm³/mol. The number of fused-ring (bicyclic) bond motifs is 1. The molecule has 0 saturated carbocycles. The van der Waals surface area contributed by atoms with Gasteiger partial charge in [0.25, 0.3) is 0 Å². The zero-order chi connectivity index (χ0) is 16.5. The minimum absolute atomic E-state index is 0. The molecule has 1 aliphatic rings. The molecule has 3 aromatic rings. The molecule has 132 valence electrons. The molecule has 0 radical (unpaired) electrons. The molecule has 0 fully saturated rings. The first-order chi connectivity index (χ1) is 11.7. The summed E-state index contributed by atoms with van der Waals surface area (Å²) in [6, 6.07) is 0. The number of hydrogen-bond acceptors (Lipinski definition) is 7. The standard InChI is InChI=1S/C16H19N7O.ClH/c1-9-15(12-5-6-17-7-11(12)8-18-9)16-20-14(24-23-16)4-3-13-19-10(2)21-22-13;/h8,17H,3-7H2,1-2H3,(H,19,21,22);1H. The van der Waals surface area contributed by atoms with Crippen LogP contribution in [0.1, 0.15) is 34.4 Å². The van der Waals surface area contributed by atoms with Crippen LogP contribution in [0.25, 0.3) is 11.4 Å². The molecular formula is C16H20ClN7O. The summed E-state index contributed by atoms with van der Waals surface area (Å²) >= 11 is 0. The quantitative estimate of drug-likeness (QED) is 0.728. The number of aromatic nitrogens is 6. The Kier molecular flexibility index (Phi) is 5.10. The summed E-state index contributed by atoms with van der Waals surface area (Å²) in [4.78, 5) is 13.3. The van der Waals surface area contributed by atoms with E-state index in [1.165, 1.54) is 11.1 Å². The maximum absolute atomic E-state index is 5.42. The van der Waals surface area contributed by atoms with Crippen LogP contribution < -0.4 is 5.32 Å². The van der Waals surface area contributed by atoms with Gasteiger partial charge in [0, 0.05) is 36.8 Å². The smallest absolute Gasteiger partial charge is 0.227 e. The van der Waals surface area contributed by atoms with Crippen molar-refractivity contribution in [1.82, 2.24) is 35.6 Å². The van der Waals surface area contributed by atoms with Crippen LogP contribution in [0.2, 0.25) is 0 Å². The lowest BCUT2D eigenvalue weighted by molar-refractivity contribution is 0.378. The summed E-state index contributed by atoms with van der Waals surface area (Å²) in [7, 11) is 0. The number of hydrogen-bond donors (Lipinski definition) is 2. The molecule has 0 aliphatic carbocycles. The zero-order valence-electron chi connectivity index (χ0n) is 14.2. The summed E-state index contributed by atoms with van der Waals surface area (Å²) in [5, 5.41) is 14.5. The molecule has 2 N–H and O–H groups in total. The Morgan fingerprint density at radius 3 is 2.88 bits per heavy atom. The Bertz CT molecular complexity index is 873. The van der Waals surface area contributed by atoms with Gasteiger partial charge in [-0.3, -0.25) is 10.1 Å². The molecule has 3 aromatic heterocycles. The van der Waals surface area contributed by atoms with E-state index >= 15 is 0 Å². The minimum Gasteiger partial charge on any atom is -0.339 e. The lowest BCUT2D eigenvalue weighted by atomic mass is 9.95. The van der Waals surface area contributed by atoms with Gasteiger partial charge >= 0.3 is 0 Å². The molecule has 9 heteroatoms. The lowest BCUT2D eigenvalue weighted by Gasteiger charge is -2.19. The van der Waals surface area contributed by atoms with Crippen LogP contribution in [0.15, 0.2) is 10.7 Å². The number of aryl methyl sites for hydroxylation is 4. The Hall–Kier alpha value is -2.32. The first-order valence-corrected chi connectivity index (χ1v) is 8.09. The molecule has 8 nitrogen and oxygen atoms in total. The van der Waals surface area contributed by atoms with Crippen LogP contribution in [0.4, 0.5) is 0 Å². The number of pyridine rings is 1. The van der Waals surface area contributed by atoms with Gasteiger partial charge in [-0.15, -0.1) is 12.4 Å². The fraction of sp³-hybridized carbons (Fsp3) is 0.438. The zero-order valence-corrected chi connectivity index (χ0v) is 15.0. The predicted octanol–water partition coefficient (Wildman–Crippen LogP) is 1.72. The Morgan fingerprint density at radius 1 is 1.20 bits per heavy atom. The van der Waals surface area contributed by atoms with Crippen molar-refractivity contribution in [3.63, 3.8) is 0 Å². The average molecular weight is 362 g/mol. The van der Waals surface area contributed by atoms with Crippen LogP contribution in [0, 0.1) is 13.8 Å². The third-order valence-electron chi connectivity index (χ3n) is 4.23. The molecule has 0 atom stereocenters. The van der Waals surface area contributed by atoms with Gasteiger partial charge in [-0.25, -0.2) is 4.98 Å². The summed E-state index contributed by atoms with van der Waals surface area (Å²) < 4.78 is 5.42. The Balaban J connectivity index is 0.00000182. The van der Waals surface area contributed by atoms with Gasteiger partial charge in [-0.2, -0.15) is 10.1 Å². The largest absolute Gasteiger partial charge is 0.339 e. The molecule has 0 aromatic carbocycles. The fourth-order valence-corrected chi connectivity index (χ4v) is 3.04. The van der Waals surface area contributed by atoms with E-state index < -0.39 is 0 Å². The number of H-pyrrole nitrogens is 1. The molecular weight excluding hydrogens is 342 g/mol. The van der Waals surface area contributed by atoms with Crippen molar-refractivity contribution in [2.45, 2.75) is 39.7 Å². The number of nitrogens with one attached hydrogen (secondary N) is 2. The molecule has 0 saturated heterocycles. The van der Waals surface area contributed by atoms with Crippen molar-refractivity contribution < 1.29 is 4.52 Å². The van der Waals surface area contributed by atoms with E-state index in [2.05, 4.69) is 35.6 Å². The number of rotatable bonds is 4. The van der Waals surface area contributed by atoms with Gasteiger partial charge in [0.2, 0.25) is 11.7 Å². The van der Waals surface area contributed by atoms with Crippen molar-refractivity contribution in [2.75, 3.05) is 6.54 Å². The number of nitrogens with zero attached hydrogens (tertiary/aromatic N) is 5. The van der Waals surface area contributed by atoms with Gasteiger partial charge in [-0.05, 0) is 37.9 Å². The SMILES string of the molecule is Cc1nc(CCc2nc(-c3c(C)ncc4c3CCNC4)no2)n[nH]1.Cl. The van der Waals surface area contributed by atoms with Gasteiger partial charge < -0.3 is 9.84 Å². The summed E-state index contributed by atoms with van der Waals surface area (Å²) in [5.74, 6) is 2.79. The number of halogens is 1. The minimum atomic E-state index is 0. The van der Waals surface area contributed by atoms with Crippen LogP contribution in [0.3, 0.4) is 0 Å². The van der Waals surface area contributed by atoms with Crippen LogP contribution in [0.5, 0.6) is 0 Å². The first kappa shape index (κ1) is 17.5. The Morgan fingerprint density at radius 2 is 2.08 bits per heavy atom. The van der Waals surface area contributed by atoms with Crippen molar-refractivity contribution in [3.8, 4) is 11.4 Å². The van der Waals surface area contributed by atoms with Crippen LogP contribution >= 0.6 is 12.4 Å². The highest BCUT2D eigenvalue weighted by molar-refractivity contribution is 5.85. The molecule has 25 heavy (non-hydrogen) atoms. The van der Waals surface area contributed by atoms with E-state index in [-0.39, 0.29) is 12.4 Å². The third kappa shape index (κ3) is 3.54. The molecule has 0 spiro atoms. The average Bonchev–Trinajstić information content (AvgIpc) is 3.22. The monoisotopic (exact) mass is 361 g/mol. The molecule has 1 aliphatic heterocycles. The third-order valence-corrected chi connectivity index (χ3v) is 4.23. The van der Waals surface area contributed by atoms with E-state index in [0.29, 0.717) is 24.6 Å². The van der Waals surface area contributed by atoms with Crippen molar-refractivity contribution in [2.24, 2.45) is 0 Å². The lowest BCUT2D eigenvalue weighted by Crippen LogP contribution is -2.24. The van der Waals surface area contributed by atoms with Crippen molar-refractivity contribution >= 4 is 12.4 Å². The van der Waals surface area contributed by atoms with Crippen molar-refractivity contribution in [1.29, 1.82) is 0 Å². The normalized spacial score (nSPS) is 13.4. The van der Waals surface area contributed by atoms with Crippen molar-refractivity contribution in [3.05, 3.63) is 40.6 Å². The summed E-state index contributed by atoms with van der Waals surface area (Å²) in [6.07, 6.45) is 4.18. The maximum atomic E-state index is 5.42. The van der Waals surface area contributed by atoms with E-state index in [9.17, 15) is 0 Å². The molecule has 4 heterocycles. The highest BCUT2D eigenvalue weighted by Gasteiger charge is 2.21. The van der Waals surface area contributed by atoms with Crippen LogP contribution in [-0.4, -0.2) is 36.9 Å². The Labute approximate surface area is 151 Å². The molecule has 0 unspecified atom stereocenters. The highest BCUT2D eigenvalue weighted by atomic mass is 35.5. The summed E-state index contributed by atoms with van der Waals surface area (Å²) in [5.41, 5.74) is 4.44. The second kappa shape index (κ2) is 7.28. The topological polar surface area (TPSA) is 105 Å². The van der Waals surface area contributed by atoms with Gasteiger partial charge in [0.05, 0.1) is 0 Å². The number of aromatic amines is 1. The fourth-order valence-electron chi connectivity index (χ4n) is 3.04. The molecule has 4 rings (SSSR count). The second-order valence-electron chi connectivity index (χ2n) is 6.00. The van der Waals surface area contributed by atoms with Crippen LogP contribution in [-0.2, 0) is 25.8 Å². The molecule has 0 amide bonds. The first-order valence-electron chi connectivity index (χ1n) is 8.09. The van der Waals surface area contributed by atoms with E-state index in [1.807, 2.05) is 20.0 Å². The van der Waals surface area contributed by atoms with E-state index in [1.54, 1.807) is 0 Å². The van der Waals surface area contributed by atoms with Gasteiger partial charge in [-0.1, -0.05) is 5.16 Å². The highest BCUT2D eigenvalue weighted by Crippen LogP contribution is 2.28. The van der Waals surface area contributed by atoms with E-state index in [0.717, 1.165) is 42.4 Å².